The fourth-order valence-corrected chi connectivity index (χ4v) is 2.98. The highest BCUT2D eigenvalue weighted by molar-refractivity contribution is 7.12. The number of carbonyl (C=O) groups is 1. The number of hydrogen-bond donors (Lipinski definition) is 2. The third-order valence-corrected chi connectivity index (χ3v) is 4.08. The number of ketones is 1. The predicted molar refractivity (Wildman–Crippen MR) is 75.5 cm³/mol. The lowest BCUT2D eigenvalue weighted by atomic mass is 10.1. The van der Waals surface area contributed by atoms with Crippen LogP contribution in [0.1, 0.15) is 15.2 Å². The second kappa shape index (κ2) is 4.52. The first-order valence-electron chi connectivity index (χ1n) is 5.21. The minimum absolute atomic E-state index is 0.130. The summed E-state index contributed by atoms with van der Waals surface area (Å²) in [6.07, 6.45) is 1.43. The van der Waals surface area contributed by atoms with E-state index >= 15 is 0 Å². The number of aromatic hydroxyl groups is 1. The van der Waals surface area contributed by atoms with E-state index in [9.17, 15) is 9.90 Å². The van der Waals surface area contributed by atoms with Crippen LogP contribution in [0.3, 0.4) is 0 Å². The lowest BCUT2D eigenvalue weighted by Gasteiger charge is -1.96. The van der Waals surface area contributed by atoms with Gasteiger partial charge in [-0.2, -0.15) is 0 Å². The van der Waals surface area contributed by atoms with Gasteiger partial charge < -0.3 is 10.1 Å². The zero-order valence-corrected chi connectivity index (χ0v) is 11.6. The summed E-state index contributed by atoms with van der Waals surface area (Å²) in [5.41, 5.74) is 1.03. The first kappa shape index (κ1) is 12.5. The highest BCUT2D eigenvalue weighted by Crippen LogP contribution is 2.31. The fraction of sp³-hybridized carbons (Fsp3) is 0. The van der Waals surface area contributed by atoms with Gasteiger partial charge in [0.05, 0.1) is 20.4 Å². The van der Waals surface area contributed by atoms with Crippen LogP contribution in [0, 0.1) is 0 Å². The van der Waals surface area contributed by atoms with Crippen molar-refractivity contribution in [1.29, 1.82) is 0 Å². The number of aromatic amines is 1. The van der Waals surface area contributed by atoms with Crippen molar-refractivity contribution in [2.75, 3.05) is 0 Å². The monoisotopic (exact) mass is 312 g/mol. The number of pyridine rings is 1. The number of nitrogens with zero attached hydrogens (tertiary/aromatic N) is 1. The van der Waals surface area contributed by atoms with Gasteiger partial charge in [0, 0.05) is 11.6 Å². The molecule has 0 saturated heterocycles. The maximum Gasteiger partial charge on any atom is 0.210 e. The van der Waals surface area contributed by atoms with E-state index in [4.69, 9.17) is 23.2 Å². The summed E-state index contributed by atoms with van der Waals surface area (Å²) >= 11 is 12.8. The van der Waals surface area contributed by atoms with E-state index in [1.807, 2.05) is 0 Å². The van der Waals surface area contributed by atoms with Crippen molar-refractivity contribution in [3.8, 4) is 5.88 Å². The average Bonchev–Trinajstić information content (AvgIpc) is 2.91. The lowest BCUT2D eigenvalue weighted by Crippen LogP contribution is -1.98. The number of hydrogen-bond acceptors (Lipinski definition) is 4. The second-order valence-electron chi connectivity index (χ2n) is 3.86. The highest BCUT2D eigenvalue weighted by Gasteiger charge is 2.22. The molecule has 3 aromatic rings. The average molecular weight is 313 g/mol. The maximum atomic E-state index is 12.3. The summed E-state index contributed by atoms with van der Waals surface area (Å²) in [4.78, 5) is 19.5. The highest BCUT2D eigenvalue weighted by atomic mass is 35.5. The quantitative estimate of drug-likeness (QED) is 0.706. The predicted octanol–water partition coefficient (Wildman–Crippen LogP) is 3.87. The van der Waals surface area contributed by atoms with Gasteiger partial charge in [0.1, 0.15) is 11.1 Å². The first-order chi connectivity index (χ1) is 9.06. The molecule has 0 spiro atoms. The van der Waals surface area contributed by atoms with E-state index in [1.54, 1.807) is 17.5 Å². The normalized spacial score (nSPS) is 11.1. The Balaban J connectivity index is 2.19. The van der Waals surface area contributed by atoms with Crippen molar-refractivity contribution < 1.29 is 9.90 Å². The van der Waals surface area contributed by atoms with E-state index in [0.717, 1.165) is 0 Å². The van der Waals surface area contributed by atoms with Gasteiger partial charge in [-0.15, -0.1) is 11.3 Å². The molecule has 0 aliphatic rings. The lowest BCUT2D eigenvalue weighted by molar-refractivity contribution is 0.104. The van der Waals surface area contributed by atoms with Gasteiger partial charge >= 0.3 is 0 Å². The van der Waals surface area contributed by atoms with Gasteiger partial charge in [-0.1, -0.05) is 23.2 Å². The van der Waals surface area contributed by atoms with Crippen LogP contribution in [0.2, 0.25) is 10.0 Å². The first-order valence-corrected chi connectivity index (χ1v) is 6.84. The molecule has 2 N–H and O–H groups in total. The van der Waals surface area contributed by atoms with E-state index in [-0.39, 0.29) is 17.2 Å². The summed E-state index contributed by atoms with van der Waals surface area (Å²) in [7, 11) is 0. The fourth-order valence-electron chi connectivity index (χ4n) is 1.81. The molecule has 3 aromatic heterocycles. The summed E-state index contributed by atoms with van der Waals surface area (Å²) in [6, 6.07) is 3.16. The van der Waals surface area contributed by atoms with Gasteiger partial charge in [-0.25, -0.2) is 0 Å². The SMILES string of the molecule is O=C(c1cc(Cl)cs1)c1c(O)[nH]c2cc(Cl)cnc12. The standard InChI is InChI=1S/C12H6Cl2N2O2S/c13-5-1-7-10(15-3-5)9(12(18)16-7)11(17)8-2-6(14)4-19-8/h1-4,16,18H. The molecule has 0 fully saturated rings. The van der Waals surface area contributed by atoms with Crippen molar-refractivity contribution in [3.05, 3.63) is 44.2 Å². The number of rotatable bonds is 2. The van der Waals surface area contributed by atoms with Gasteiger partial charge in [0.15, 0.2) is 0 Å². The third kappa shape index (κ3) is 2.10. The summed E-state index contributed by atoms with van der Waals surface area (Å²) < 4.78 is 0. The van der Waals surface area contributed by atoms with Crippen LogP contribution in [-0.2, 0) is 0 Å². The van der Waals surface area contributed by atoms with Crippen LogP contribution in [0.5, 0.6) is 5.88 Å². The Morgan fingerprint density at radius 3 is 2.79 bits per heavy atom. The van der Waals surface area contributed by atoms with E-state index in [2.05, 4.69) is 9.97 Å². The number of halogens is 2. The molecule has 4 nitrogen and oxygen atoms in total. The van der Waals surface area contributed by atoms with E-state index in [1.165, 1.54) is 17.5 Å². The molecule has 0 aliphatic heterocycles. The Bertz CT molecular complexity index is 794. The largest absolute Gasteiger partial charge is 0.494 e. The van der Waals surface area contributed by atoms with Crippen molar-refractivity contribution in [2.45, 2.75) is 0 Å². The zero-order valence-electron chi connectivity index (χ0n) is 9.28. The van der Waals surface area contributed by atoms with E-state index < -0.39 is 0 Å². The maximum absolute atomic E-state index is 12.3. The molecule has 0 bridgehead atoms. The topological polar surface area (TPSA) is 66.0 Å². The molecule has 0 amide bonds. The molecule has 3 rings (SSSR count). The number of carbonyl (C=O) groups excluding carboxylic acids is 1. The molecule has 96 valence electrons. The Kier molecular flexibility index (Phi) is 2.97. The van der Waals surface area contributed by atoms with Crippen molar-refractivity contribution in [2.24, 2.45) is 0 Å². The molecule has 0 atom stereocenters. The number of H-pyrrole nitrogens is 1. The Hall–Kier alpha value is -1.56. The number of nitrogens with one attached hydrogen (secondary N) is 1. The van der Waals surface area contributed by atoms with Crippen LogP contribution in [-0.4, -0.2) is 20.9 Å². The molecule has 7 heteroatoms. The van der Waals surface area contributed by atoms with Gasteiger partial charge in [-0.05, 0) is 12.1 Å². The molecule has 19 heavy (non-hydrogen) atoms. The van der Waals surface area contributed by atoms with Gasteiger partial charge in [0.2, 0.25) is 11.7 Å². The third-order valence-electron chi connectivity index (χ3n) is 2.60. The number of fused-ring (bicyclic) bond motifs is 1. The van der Waals surface area contributed by atoms with Crippen LogP contribution in [0.15, 0.2) is 23.7 Å². The molecular formula is C12H6Cl2N2O2S. The van der Waals surface area contributed by atoms with Gasteiger partial charge in [0.25, 0.3) is 0 Å². The molecular weight excluding hydrogens is 307 g/mol. The van der Waals surface area contributed by atoms with Crippen LogP contribution in [0.4, 0.5) is 0 Å². The summed E-state index contributed by atoms with van der Waals surface area (Å²) in [6.45, 7) is 0. The molecule has 0 aromatic carbocycles. The van der Waals surface area contributed by atoms with Crippen LogP contribution in [0.25, 0.3) is 11.0 Å². The molecule has 3 heterocycles. The van der Waals surface area contributed by atoms with Crippen molar-refractivity contribution in [1.82, 2.24) is 9.97 Å². The van der Waals surface area contributed by atoms with Crippen molar-refractivity contribution in [3.63, 3.8) is 0 Å². The Labute approximate surface area is 121 Å². The van der Waals surface area contributed by atoms with Crippen LogP contribution >= 0.6 is 34.5 Å². The Morgan fingerprint density at radius 2 is 2.11 bits per heavy atom. The number of aromatic nitrogens is 2. The molecule has 0 aliphatic carbocycles. The minimum Gasteiger partial charge on any atom is -0.494 e. The molecule has 0 saturated carbocycles. The molecule has 0 radical (unpaired) electrons. The van der Waals surface area contributed by atoms with Crippen molar-refractivity contribution >= 4 is 51.4 Å². The van der Waals surface area contributed by atoms with E-state index in [0.29, 0.717) is 26.0 Å². The Morgan fingerprint density at radius 1 is 1.32 bits per heavy atom. The summed E-state index contributed by atoms with van der Waals surface area (Å²) in [5.74, 6) is -0.547. The summed E-state index contributed by atoms with van der Waals surface area (Å²) in [5, 5.41) is 12.4. The van der Waals surface area contributed by atoms with Gasteiger partial charge in [-0.3, -0.25) is 9.78 Å². The minimum atomic E-state index is -0.324. The zero-order chi connectivity index (χ0) is 13.6. The van der Waals surface area contributed by atoms with Crippen LogP contribution < -0.4 is 0 Å². The smallest absolute Gasteiger partial charge is 0.210 e. The number of thiophene rings is 1. The molecule has 0 unspecified atom stereocenters. The second-order valence-corrected chi connectivity index (χ2v) is 5.64.